The molecule has 0 saturated carbocycles. The summed E-state index contributed by atoms with van der Waals surface area (Å²) in [4.78, 5) is 18.7. The van der Waals surface area contributed by atoms with Gasteiger partial charge in [0.2, 0.25) is 0 Å². The molecule has 6 heteroatoms. The number of aryl methyl sites for hydroxylation is 1. The molecule has 1 saturated heterocycles. The minimum absolute atomic E-state index is 0.258. The van der Waals surface area contributed by atoms with E-state index in [1.54, 1.807) is 14.2 Å². The number of rotatable bonds is 6. The Labute approximate surface area is 159 Å². The number of hydrogen-bond donors (Lipinski definition) is 1. The summed E-state index contributed by atoms with van der Waals surface area (Å²) in [5.74, 6) is 0.481. The summed E-state index contributed by atoms with van der Waals surface area (Å²) in [5, 5.41) is 9.78. The van der Waals surface area contributed by atoms with Crippen LogP contribution in [0.1, 0.15) is 42.3 Å². The third-order valence-corrected chi connectivity index (χ3v) is 5.07. The van der Waals surface area contributed by atoms with E-state index in [2.05, 4.69) is 4.90 Å². The van der Waals surface area contributed by atoms with Crippen LogP contribution >= 0.6 is 0 Å². The summed E-state index contributed by atoms with van der Waals surface area (Å²) in [7, 11) is 3.20. The molecule has 144 valence electrons. The summed E-state index contributed by atoms with van der Waals surface area (Å²) < 4.78 is 10.8. The zero-order valence-corrected chi connectivity index (χ0v) is 16.0. The maximum Gasteiger partial charge on any atom is 0.320 e. The van der Waals surface area contributed by atoms with E-state index in [0.29, 0.717) is 24.5 Å². The Kier molecular flexibility index (Phi) is 5.96. The van der Waals surface area contributed by atoms with E-state index < -0.39 is 12.0 Å². The van der Waals surface area contributed by atoms with Gasteiger partial charge >= 0.3 is 5.97 Å². The van der Waals surface area contributed by atoms with E-state index in [9.17, 15) is 9.90 Å². The molecule has 0 aliphatic carbocycles. The molecule has 2 aromatic rings. The van der Waals surface area contributed by atoms with Crippen molar-refractivity contribution in [1.82, 2.24) is 9.88 Å². The molecule has 0 bridgehead atoms. The fourth-order valence-electron chi connectivity index (χ4n) is 3.80. The number of hydrogen-bond acceptors (Lipinski definition) is 5. The van der Waals surface area contributed by atoms with Crippen molar-refractivity contribution in [3.8, 4) is 11.5 Å². The third-order valence-electron chi connectivity index (χ3n) is 5.07. The van der Waals surface area contributed by atoms with Gasteiger partial charge in [-0.05, 0) is 56.1 Å². The van der Waals surface area contributed by atoms with Crippen molar-refractivity contribution >= 4 is 5.97 Å². The summed E-state index contributed by atoms with van der Waals surface area (Å²) in [5.41, 5.74) is 2.69. The van der Waals surface area contributed by atoms with Gasteiger partial charge in [-0.2, -0.15) is 0 Å². The molecule has 1 aromatic heterocycles. The SMILES string of the molecule is COc1ccc(C(c2cccc(C)n2)N2CCCCC2C(=O)O)cc1OC. The summed E-state index contributed by atoms with van der Waals surface area (Å²) in [6.07, 6.45) is 2.54. The molecule has 27 heavy (non-hydrogen) atoms. The van der Waals surface area contributed by atoms with Crippen molar-refractivity contribution in [2.24, 2.45) is 0 Å². The fraction of sp³-hybridized carbons (Fsp3) is 0.429. The average molecular weight is 370 g/mol. The van der Waals surface area contributed by atoms with Gasteiger partial charge in [0, 0.05) is 5.69 Å². The predicted molar refractivity (Wildman–Crippen MR) is 102 cm³/mol. The molecule has 0 amide bonds. The van der Waals surface area contributed by atoms with E-state index in [1.807, 2.05) is 43.3 Å². The number of nitrogens with zero attached hydrogens (tertiary/aromatic N) is 2. The second-order valence-corrected chi connectivity index (χ2v) is 6.81. The van der Waals surface area contributed by atoms with Gasteiger partial charge in [0.05, 0.1) is 26.0 Å². The number of carboxylic acid groups (broad SMARTS) is 1. The number of ether oxygens (including phenoxy) is 2. The Balaban J connectivity index is 2.11. The molecule has 1 aliphatic heterocycles. The van der Waals surface area contributed by atoms with Crippen LogP contribution in [0, 0.1) is 6.92 Å². The number of piperidine rings is 1. The summed E-state index contributed by atoms with van der Waals surface area (Å²) in [6.45, 7) is 2.66. The van der Waals surface area contributed by atoms with Crippen LogP contribution in [0.25, 0.3) is 0 Å². The van der Waals surface area contributed by atoms with Crippen molar-refractivity contribution in [3.63, 3.8) is 0 Å². The molecular weight excluding hydrogens is 344 g/mol. The van der Waals surface area contributed by atoms with Gasteiger partial charge in [-0.1, -0.05) is 18.6 Å². The number of aromatic nitrogens is 1. The lowest BCUT2D eigenvalue weighted by Gasteiger charge is -2.39. The lowest BCUT2D eigenvalue weighted by atomic mass is 9.93. The second kappa shape index (κ2) is 8.39. The lowest BCUT2D eigenvalue weighted by molar-refractivity contribution is -0.145. The smallest absolute Gasteiger partial charge is 0.320 e. The summed E-state index contributed by atoms with van der Waals surface area (Å²) in [6, 6.07) is 10.8. The van der Waals surface area contributed by atoms with Gasteiger partial charge in [-0.3, -0.25) is 14.7 Å². The topological polar surface area (TPSA) is 71.9 Å². The molecule has 1 N–H and O–H groups in total. The van der Waals surface area contributed by atoms with Gasteiger partial charge in [-0.25, -0.2) is 0 Å². The first kappa shape index (κ1) is 19.2. The van der Waals surface area contributed by atoms with Crippen molar-refractivity contribution in [1.29, 1.82) is 0 Å². The molecule has 6 nitrogen and oxygen atoms in total. The minimum Gasteiger partial charge on any atom is -0.493 e. The van der Waals surface area contributed by atoms with Crippen molar-refractivity contribution < 1.29 is 19.4 Å². The highest BCUT2D eigenvalue weighted by Gasteiger charge is 2.36. The third kappa shape index (κ3) is 4.06. The van der Waals surface area contributed by atoms with E-state index >= 15 is 0 Å². The molecule has 0 radical (unpaired) electrons. The van der Waals surface area contributed by atoms with E-state index in [-0.39, 0.29) is 6.04 Å². The van der Waals surface area contributed by atoms with Crippen LogP contribution in [0.3, 0.4) is 0 Å². The second-order valence-electron chi connectivity index (χ2n) is 6.81. The number of pyridine rings is 1. The lowest BCUT2D eigenvalue weighted by Crippen LogP contribution is -2.47. The highest BCUT2D eigenvalue weighted by molar-refractivity contribution is 5.73. The molecule has 1 aliphatic rings. The molecule has 2 heterocycles. The van der Waals surface area contributed by atoms with Gasteiger partial charge in [0.15, 0.2) is 11.5 Å². The Morgan fingerprint density at radius 2 is 1.96 bits per heavy atom. The largest absolute Gasteiger partial charge is 0.493 e. The van der Waals surface area contributed by atoms with Crippen molar-refractivity contribution in [2.75, 3.05) is 20.8 Å². The minimum atomic E-state index is -0.784. The molecular formula is C21H26N2O4. The maximum atomic E-state index is 11.9. The van der Waals surface area contributed by atoms with Crippen LogP contribution in [0.5, 0.6) is 11.5 Å². The average Bonchev–Trinajstić information content (AvgIpc) is 2.68. The summed E-state index contributed by atoms with van der Waals surface area (Å²) >= 11 is 0. The normalized spacial score (nSPS) is 18.7. The van der Waals surface area contributed by atoms with Crippen LogP contribution in [0.15, 0.2) is 36.4 Å². The number of benzene rings is 1. The first-order valence-corrected chi connectivity index (χ1v) is 9.19. The van der Waals surface area contributed by atoms with Crippen LogP contribution in [0.4, 0.5) is 0 Å². The number of carboxylic acids is 1. The molecule has 3 rings (SSSR count). The maximum absolute atomic E-state index is 11.9. The standard InChI is InChI=1S/C21H26N2O4/c1-14-7-6-8-16(22-14)20(23-12-5-4-9-17(23)21(24)25)15-10-11-18(26-2)19(13-15)27-3/h6-8,10-11,13,17,20H,4-5,9,12H2,1-3H3,(H,24,25). The quantitative estimate of drug-likeness (QED) is 0.840. The van der Waals surface area contributed by atoms with Gasteiger partial charge in [0.25, 0.3) is 0 Å². The first-order valence-electron chi connectivity index (χ1n) is 9.19. The predicted octanol–water partition coefficient (Wildman–Crippen LogP) is 3.44. The van der Waals surface area contributed by atoms with Gasteiger partial charge in [-0.15, -0.1) is 0 Å². The van der Waals surface area contributed by atoms with Crippen LogP contribution in [0.2, 0.25) is 0 Å². The molecule has 2 unspecified atom stereocenters. The Morgan fingerprint density at radius 3 is 2.63 bits per heavy atom. The van der Waals surface area contributed by atoms with Gasteiger partial charge in [0.1, 0.15) is 6.04 Å². The van der Waals surface area contributed by atoms with Crippen molar-refractivity contribution in [2.45, 2.75) is 38.3 Å². The monoisotopic (exact) mass is 370 g/mol. The highest BCUT2D eigenvalue weighted by Crippen LogP contribution is 2.37. The molecule has 0 spiro atoms. The van der Waals surface area contributed by atoms with E-state index in [4.69, 9.17) is 14.5 Å². The van der Waals surface area contributed by atoms with Gasteiger partial charge < -0.3 is 14.6 Å². The van der Waals surface area contributed by atoms with E-state index in [0.717, 1.165) is 29.8 Å². The molecule has 1 aromatic carbocycles. The number of methoxy groups -OCH3 is 2. The Morgan fingerprint density at radius 1 is 1.19 bits per heavy atom. The number of carbonyl (C=O) groups is 1. The highest BCUT2D eigenvalue weighted by atomic mass is 16.5. The van der Waals surface area contributed by atoms with Crippen LogP contribution in [-0.4, -0.2) is 47.8 Å². The number of aliphatic carboxylic acids is 1. The zero-order valence-electron chi connectivity index (χ0n) is 16.0. The zero-order chi connectivity index (χ0) is 19.4. The van der Waals surface area contributed by atoms with Crippen molar-refractivity contribution in [3.05, 3.63) is 53.3 Å². The number of likely N-dealkylation sites (tertiary alicyclic amines) is 1. The molecule has 1 fully saturated rings. The fourth-order valence-corrected chi connectivity index (χ4v) is 3.80. The van der Waals surface area contributed by atoms with E-state index in [1.165, 1.54) is 0 Å². The van der Waals surface area contributed by atoms with Crippen LogP contribution in [-0.2, 0) is 4.79 Å². The molecule has 2 atom stereocenters. The first-order chi connectivity index (χ1) is 13.0. The Bertz CT molecular complexity index is 809. The van der Waals surface area contributed by atoms with Crippen LogP contribution < -0.4 is 9.47 Å². The Hall–Kier alpha value is -2.60.